The number of carbonyl (C=O) groups is 2. The van der Waals surface area contributed by atoms with E-state index in [1.54, 1.807) is 24.3 Å². The summed E-state index contributed by atoms with van der Waals surface area (Å²) in [4.78, 5) is 22.5. The molecule has 0 unspecified atom stereocenters. The van der Waals surface area contributed by atoms with Gasteiger partial charge < -0.3 is 10.4 Å². The summed E-state index contributed by atoms with van der Waals surface area (Å²) in [6.07, 6.45) is 0.242. The first-order valence-electron chi connectivity index (χ1n) is 6.28. The average molecular weight is 269 g/mol. The van der Waals surface area contributed by atoms with Crippen LogP contribution in [0.15, 0.2) is 54.6 Å². The van der Waals surface area contributed by atoms with Crippen LogP contribution in [0, 0.1) is 0 Å². The number of carbonyl (C=O) groups excluding carboxylic acids is 1. The van der Waals surface area contributed by atoms with Crippen molar-refractivity contribution in [2.75, 3.05) is 5.32 Å². The van der Waals surface area contributed by atoms with E-state index in [1.807, 2.05) is 30.3 Å². The fourth-order valence-corrected chi connectivity index (χ4v) is 1.92. The lowest BCUT2D eigenvalue weighted by molar-refractivity contribution is -0.136. The third-order valence-corrected chi connectivity index (χ3v) is 2.77. The molecule has 0 spiro atoms. The van der Waals surface area contributed by atoms with Gasteiger partial charge in [-0.25, -0.2) is 0 Å². The molecule has 0 atom stereocenters. The Balaban J connectivity index is 1.99. The minimum Gasteiger partial charge on any atom is -0.481 e. The quantitative estimate of drug-likeness (QED) is 0.876. The number of aliphatic carboxylic acids is 1. The van der Waals surface area contributed by atoms with Crippen LogP contribution in [0.4, 0.5) is 5.69 Å². The molecule has 2 aromatic carbocycles. The highest BCUT2D eigenvalue weighted by Gasteiger charge is 2.05. The van der Waals surface area contributed by atoms with Gasteiger partial charge in [-0.15, -0.1) is 0 Å². The molecule has 0 heterocycles. The SMILES string of the molecule is O=C(O)Cc1cccc(NC(=O)Cc2ccccc2)c1. The number of rotatable bonds is 5. The minimum absolute atomic E-state index is 0.0532. The molecule has 20 heavy (non-hydrogen) atoms. The summed E-state index contributed by atoms with van der Waals surface area (Å²) in [5.74, 6) is -1.01. The van der Waals surface area contributed by atoms with Crippen molar-refractivity contribution >= 4 is 17.6 Å². The predicted molar refractivity (Wildman–Crippen MR) is 76.6 cm³/mol. The van der Waals surface area contributed by atoms with Crippen molar-refractivity contribution in [2.24, 2.45) is 0 Å². The van der Waals surface area contributed by atoms with E-state index in [1.165, 1.54) is 0 Å². The Morgan fingerprint density at radius 1 is 0.900 bits per heavy atom. The summed E-state index contributed by atoms with van der Waals surface area (Å²) in [7, 11) is 0. The maximum atomic E-state index is 11.9. The van der Waals surface area contributed by atoms with E-state index in [2.05, 4.69) is 5.32 Å². The summed E-state index contributed by atoms with van der Waals surface area (Å²) < 4.78 is 0. The van der Waals surface area contributed by atoms with Crippen LogP contribution in [0.2, 0.25) is 0 Å². The third-order valence-electron chi connectivity index (χ3n) is 2.77. The lowest BCUT2D eigenvalue weighted by Crippen LogP contribution is -2.14. The van der Waals surface area contributed by atoms with Crippen LogP contribution in [0.3, 0.4) is 0 Å². The molecule has 2 rings (SSSR count). The summed E-state index contributed by atoms with van der Waals surface area (Å²) in [6, 6.07) is 16.3. The Kier molecular flexibility index (Phi) is 4.50. The lowest BCUT2D eigenvalue weighted by Gasteiger charge is -2.06. The molecule has 0 radical (unpaired) electrons. The molecule has 0 saturated heterocycles. The van der Waals surface area contributed by atoms with Gasteiger partial charge in [-0.2, -0.15) is 0 Å². The molecule has 4 heteroatoms. The van der Waals surface area contributed by atoms with Crippen molar-refractivity contribution < 1.29 is 14.7 Å². The van der Waals surface area contributed by atoms with E-state index in [0.29, 0.717) is 17.7 Å². The third kappa shape index (κ3) is 4.24. The molecule has 0 aliphatic carbocycles. The van der Waals surface area contributed by atoms with Crippen molar-refractivity contribution in [2.45, 2.75) is 12.8 Å². The van der Waals surface area contributed by atoms with E-state index in [9.17, 15) is 9.59 Å². The summed E-state index contributed by atoms with van der Waals surface area (Å²) in [5.41, 5.74) is 2.21. The van der Waals surface area contributed by atoms with Gasteiger partial charge in [0, 0.05) is 5.69 Å². The van der Waals surface area contributed by atoms with Crippen LogP contribution in [0.25, 0.3) is 0 Å². The molecule has 4 nitrogen and oxygen atoms in total. The summed E-state index contributed by atoms with van der Waals surface area (Å²) >= 11 is 0. The molecule has 2 aromatic rings. The Labute approximate surface area is 117 Å². The minimum atomic E-state index is -0.891. The van der Waals surface area contributed by atoms with Crippen molar-refractivity contribution in [3.63, 3.8) is 0 Å². The summed E-state index contributed by atoms with van der Waals surface area (Å²) in [5, 5.41) is 11.5. The molecule has 0 aliphatic rings. The molecule has 0 bridgehead atoms. The number of carboxylic acids is 1. The molecule has 1 amide bonds. The molecule has 102 valence electrons. The number of nitrogens with one attached hydrogen (secondary N) is 1. The van der Waals surface area contributed by atoms with Crippen molar-refractivity contribution in [1.29, 1.82) is 0 Å². The first-order chi connectivity index (χ1) is 9.63. The maximum Gasteiger partial charge on any atom is 0.307 e. The van der Waals surface area contributed by atoms with Gasteiger partial charge in [0.1, 0.15) is 0 Å². The number of benzene rings is 2. The second-order valence-corrected chi connectivity index (χ2v) is 4.48. The van der Waals surface area contributed by atoms with Gasteiger partial charge in [-0.1, -0.05) is 42.5 Å². The van der Waals surface area contributed by atoms with E-state index in [0.717, 1.165) is 5.56 Å². The van der Waals surface area contributed by atoms with Crippen molar-refractivity contribution in [1.82, 2.24) is 0 Å². The number of anilines is 1. The van der Waals surface area contributed by atoms with Gasteiger partial charge in [0.05, 0.1) is 12.8 Å². The summed E-state index contributed by atoms with van der Waals surface area (Å²) in [6.45, 7) is 0. The van der Waals surface area contributed by atoms with E-state index >= 15 is 0 Å². The predicted octanol–water partition coefficient (Wildman–Crippen LogP) is 2.49. The van der Waals surface area contributed by atoms with Gasteiger partial charge in [0.15, 0.2) is 0 Å². The first-order valence-corrected chi connectivity index (χ1v) is 6.28. The Morgan fingerprint density at radius 3 is 2.30 bits per heavy atom. The van der Waals surface area contributed by atoms with Crippen LogP contribution >= 0.6 is 0 Å². The number of hydrogen-bond acceptors (Lipinski definition) is 2. The number of carboxylic acid groups (broad SMARTS) is 1. The zero-order chi connectivity index (χ0) is 14.4. The topological polar surface area (TPSA) is 66.4 Å². The van der Waals surface area contributed by atoms with E-state index < -0.39 is 5.97 Å². The Morgan fingerprint density at radius 2 is 1.60 bits per heavy atom. The molecule has 2 N–H and O–H groups in total. The highest BCUT2D eigenvalue weighted by atomic mass is 16.4. The highest BCUT2D eigenvalue weighted by molar-refractivity contribution is 5.92. The standard InChI is InChI=1S/C16H15NO3/c18-15(10-12-5-2-1-3-6-12)17-14-8-4-7-13(9-14)11-16(19)20/h1-9H,10-11H2,(H,17,18)(H,19,20). The van der Waals surface area contributed by atoms with Crippen LogP contribution in [0.5, 0.6) is 0 Å². The van der Waals surface area contributed by atoms with Crippen LogP contribution < -0.4 is 5.32 Å². The number of hydrogen-bond donors (Lipinski definition) is 2. The second-order valence-electron chi connectivity index (χ2n) is 4.48. The van der Waals surface area contributed by atoms with Gasteiger partial charge in [0.2, 0.25) is 5.91 Å². The zero-order valence-corrected chi connectivity index (χ0v) is 10.9. The molecular weight excluding hydrogens is 254 g/mol. The molecule has 0 saturated carbocycles. The second kappa shape index (κ2) is 6.52. The lowest BCUT2D eigenvalue weighted by atomic mass is 10.1. The van der Waals surface area contributed by atoms with Crippen LogP contribution in [-0.4, -0.2) is 17.0 Å². The van der Waals surface area contributed by atoms with Crippen molar-refractivity contribution in [3.05, 3.63) is 65.7 Å². The average Bonchev–Trinajstić information content (AvgIpc) is 2.39. The van der Waals surface area contributed by atoms with Crippen LogP contribution in [0.1, 0.15) is 11.1 Å². The first kappa shape index (κ1) is 13.8. The molecule has 0 aliphatic heterocycles. The zero-order valence-electron chi connectivity index (χ0n) is 10.9. The van der Waals surface area contributed by atoms with Gasteiger partial charge in [-0.3, -0.25) is 9.59 Å². The Bertz CT molecular complexity index is 608. The fourth-order valence-electron chi connectivity index (χ4n) is 1.92. The van der Waals surface area contributed by atoms with Gasteiger partial charge >= 0.3 is 5.97 Å². The molecular formula is C16H15NO3. The van der Waals surface area contributed by atoms with E-state index in [-0.39, 0.29) is 12.3 Å². The van der Waals surface area contributed by atoms with Gasteiger partial charge in [0.25, 0.3) is 0 Å². The monoisotopic (exact) mass is 269 g/mol. The highest BCUT2D eigenvalue weighted by Crippen LogP contribution is 2.12. The maximum absolute atomic E-state index is 11.9. The van der Waals surface area contributed by atoms with E-state index in [4.69, 9.17) is 5.11 Å². The van der Waals surface area contributed by atoms with Gasteiger partial charge in [-0.05, 0) is 23.3 Å². The van der Waals surface area contributed by atoms with Crippen molar-refractivity contribution in [3.8, 4) is 0 Å². The smallest absolute Gasteiger partial charge is 0.307 e. The molecule has 0 aromatic heterocycles. The van der Waals surface area contributed by atoms with Crippen LogP contribution in [-0.2, 0) is 22.4 Å². The largest absolute Gasteiger partial charge is 0.481 e. The normalized spacial score (nSPS) is 10.0. The molecule has 0 fully saturated rings. The fraction of sp³-hybridized carbons (Fsp3) is 0.125. The number of amides is 1. The Hall–Kier alpha value is -2.62.